The van der Waals surface area contributed by atoms with Gasteiger partial charge in [-0.05, 0) is 6.92 Å². The number of aliphatic hydroxyl groups is 5. The highest BCUT2D eigenvalue weighted by atomic mass is 16.7. The Balaban J connectivity index is 2.21. The van der Waals surface area contributed by atoms with Crippen LogP contribution in [0.4, 0.5) is 0 Å². The number of carbonyl (C=O) groups is 1. The summed E-state index contributed by atoms with van der Waals surface area (Å²) in [5, 5.41) is 51.7. The van der Waals surface area contributed by atoms with Crippen molar-refractivity contribution in [3.05, 3.63) is 0 Å². The quantitative estimate of drug-likeness (QED) is 0.257. The van der Waals surface area contributed by atoms with E-state index in [0.29, 0.717) is 0 Å². The summed E-state index contributed by atoms with van der Waals surface area (Å²) in [5.41, 5.74) is 5.94. The minimum Gasteiger partial charge on any atom is -0.394 e. The van der Waals surface area contributed by atoms with Gasteiger partial charge in [0.05, 0.1) is 18.8 Å². The Morgan fingerprint density at radius 1 is 1.16 bits per heavy atom. The van der Waals surface area contributed by atoms with Crippen molar-refractivity contribution in [3.8, 4) is 0 Å². The average molecular weight is 366 g/mol. The third-order valence-corrected chi connectivity index (χ3v) is 4.45. The molecule has 1 amide bonds. The minimum atomic E-state index is -1.54. The fourth-order valence-electron chi connectivity index (χ4n) is 2.96. The van der Waals surface area contributed by atoms with Crippen LogP contribution in [-0.4, -0.2) is 99.3 Å². The first-order chi connectivity index (χ1) is 11.7. The molecule has 11 heteroatoms. The fraction of sp³-hybridized carbons (Fsp3) is 0.929. The van der Waals surface area contributed by atoms with E-state index in [9.17, 15) is 30.3 Å². The van der Waals surface area contributed by atoms with Crippen LogP contribution in [0.3, 0.4) is 0 Å². The Morgan fingerprint density at radius 3 is 2.36 bits per heavy atom. The van der Waals surface area contributed by atoms with Crippen LogP contribution in [0.25, 0.3) is 0 Å². The molecule has 0 spiro atoms. The van der Waals surface area contributed by atoms with Crippen LogP contribution >= 0.6 is 0 Å². The highest BCUT2D eigenvalue weighted by molar-refractivity contribution is 5.73. The van der Waals surface area contributed by atoms with E-state index in [-0.39, 0.29) is 0 Å². The van der Waals surface area contributed by atoms with Crippen molar-refractivity contribution in [3.63, 3.8) is 0 Å². The molecule has 0 aromatic carbocycles. The number of hydrogen-bond acceptors (Lipinski definition) is 10. The summed E-state index contributed by atoms with van der Waals surface area (Å²) in [6.07, 6.45) is -10.3. The van der Waals surface area contributed by atoms with Gasteiger partial charge in [0.1, 0.15) is 36.6 Å². The van der Waals surface area contributed by atoms with E-state index >= 15 is 0 Å². The van der Waals surface area contributed by atoms with E-state index in [1.807, 2.05) is 0 Å². The van der Waals surface area contributed by atoms with Crippen molar-refractivity contribution in [1.82, 2.24) is 5.32 Å². The van der Waals surface area contributed by atoms with Gasteiger partial charge < -0.3 is 50.8 Å². The summed E-state index contributed by atoms with van der Waals surface area (Å²) < 4.78 is 16.1. The van der Waals surface area contributed by atoms with Gasteiger partial charge in [-0.25, -0.2) is 0 Å². The molecule has 0 radical (unpaired) electrons. The zero-order chi connectivity index (χ0) is 18.9. The Kier molecular flexibility index (Phi) is 6.70. The standard InChI is InChI=1S/C14H26N2O9/c1-4-7(15)12(11(21)13(22)23-4)25-14-8(16-5(2)18)10(20)9(19)6(3-17)24-14/h4,6-14,17,19-22H,3,15H2,1-2H3,(H,16,18)/t4-,6-,7-,8-,9-,10-,11-,12+,13-,14-/m1/s1. The largest absolute Gasteiger partial charge is 0.394 e. The van der Waals surface area contributed by atoms with Gasteiger partial charge in [0.25, 0.3) is 0 Å². The topological polar surface area (TPSA) is 184 Å². The molecule has 8 N–H and O–H groups in total. The second-order valence-corrected chi connectivity index (χ2v) is 6.33. The Morgan fingerprint density at radius 2 is 1.80 bits per heavy atom. The molecule has 2 aliphatic rings. The molecule has 0 aromatic heterocycles. The van der Waals surface area contributed by atoms with Crippen molar-refractivity contribution in [1.29, 1.82) is 0 Å². The molecule has 2 aliphatic heterocycles. The molecule has 0 bridgehead atoms. The van der Waals surface area contributed by atoms with E-state index in [2.05, 4.69) is 5.32 Å². The first-order valence-electron chi connectivity index (χ1n) is 7.99. The molecule has 10 atom stereocenters. The van der Waals surface area contributed by atoms with Gasteiger partial charge in [-0.1, -0.05) is 0 Å². The van der Waals surface area contributed by atoms with Crippen LogP contribution in [0.2, 0.25) is 0 Å². The zero-order valence-corrected chi connectivity index (χ0v) is 13.9. The van der Waals surface area contributed by atoms with Gasteiger partial charge in [0.2, 0.25) is 5.91 Å². The molecule has 2 heterocycles. The fourth-order valence-corrected chi connectivity index (χ4v) is 2.96. The van der Waals surface area contributed by atoms with Crippen molar-refractivity contribution in [2.45, 2.75) is 75.1 Å². The third kappa shape index (κ3) is 4.27. The van der Waals surface area contributed by atoms with Crippen LogP contribution in [0.15, 0.2) is 0 Å². The lowest BCUT2D eigenvalue weighted by atomic mass is 9.95. The van der Waals surface area contributed by atoms with Crippen molar-refractivity contribution >= 4 is 5.91 Å². The highest BCUT2D eigenvalue weighted by Crippen LogP contribution is 2.27. The molecule has 2 saturated heterocycles. The average Bonchev–Trinajstić information content (AvgIpc) is 2.55. The number of amides is 1. The minimum absolute atomic E-state index is 0.513. The van der Waals surface area contributed by atoms with Crippen molar-refractivity contribution in [2.24, 2.45) is 5.73 Å². The van der Waals surface area contributed by atoms with Crippen LogP contribution in [0.5, 0.6) is 0 Å². The molecule has 0 aliphatic carbocycles. The summed E-state index contributed by atoms with van der Waals surface area (Å²) in [6.45, 7) is 2.18. The second-order valence-electron chi connectivity index (χ2n) is 6.33. The summed E-state index contributed by atoms with van der Waals surface area (Å²) in [6, 6.07) is -2.01. The smallest absolute Gasteiger partial charge is 0.217 e. The molecule has 0 unspecified atom stereocenters. The summed E-state index contributed by atoms with van der Waals surface area (Å²) in [5.74, 6) is -0.513. The van der Waals surface area contributed by atoms with Gasteiger partial charge in [-0.3, -0.25) is 4.79 Å². The predicted molar refractivity (Wildman–Crippen MR) is 80.8 cm³/mol. The zero-order valence-electron chi connectivity index (χ0n) is 13.9. The molecule has 25 heavy (non-hydrogen) atoms. The number of nitrogens with two attached hydrogens (primary N) is 1. The number of carbonyl (C=O) groups excluding carboxylic acids is 1. The molecule has 0 saturated carbocycles. The van der Waals surface area contributed by atoms with Crippen LogP contribution < -0.4 is 11.1 Å². The molecule has 2 rings (SSSR count). The summed E-state index contributed by atoms with van der Waals surface area (Å²) in [7, 11) is 0. The van der Waals surface area contributed by atoms with Gasteiger partial charge in [0, 0.05) is 6.92 Å². The SMILES string of the molecule is CC(=O)N[C@H]1[C@@H](O[C@H]2[C@H](N)[C@@H](C)O[C@@H](O)[C@@H]2O)O[C@H](CO)[C@@H](O)[C@@H]1O. The summed E-state index contributed by atoms with van der Waals surface area (Å²) in [4.78, 5) is 11.4. The van der Waals surface area contributed by atoms with E-state index in [4.69, 9.17) is 19.9 Å². The van der Waals surface area contributed by atoms with Crippen molar-refractivity contribution < 1.29 is 44.5 Å². The van der Waals surface area contributed by atoms with Crippen LogP contribution in [-0.2, 0) is 19.0 Å². The Bertz CT molecular complexity index is 454. The van der Waals surface area contributed by atoms with Crippen molar-refractivity contribution in [2.75, 3.05) is 6.61 Å². The molecular formula is C14H26N2O9. The molecule has 146 valence electrons. The van der Waals surface area contributed by atoms with Crippen LogP contribution in [0.1, 0.15) is 13.8 Å². The first kappa shape index (κ1) is 20.4. The highest BCUT2D eigenvalue weighted by Gasteiger charge is 2.49. The van der Waals surface area contributed by atoms with Gasteiger partial charge in [-0.2, -0.15) is 0 Å². The lowest BCUT2D eigenvalue weighted by molar-refractivity contribution is -0.321. The van der Waals surface area contributed by atoms with Gasteiger partial charge >= 0.3 is 0 Å². The number of aliphatic hydroxyl groups excluding tert-OH is 5. The van der Waals surface area contributed by atoms with E-state index < -0.39 is 73.8 Å². The molecular weight excluding hydrogens is 340 g/mol. The van der Waals surface area contributed by atoms with E-state index in [0.717, 1.165) is 0 Å². The van der Waals surface area contributed by atoms with E-state index in [1.54, 1.807) is 6.92 Å². The summed E-state index contributed by atoms with van der Waals surface area (Å²) >= 11 is 0. The van der Waals surface area contributed by atoms with Gasteiger partial charge in [0.15, 0.2) is 12.6 Å². The lowest BCUT2D eigenvalue weighted by Gasteiger charge is -2.46. The first-order valence-corrected chi connectivity index (χ1v) is 7.99. The number of rotatable bonds is 4. The monoisotopic (exact) mass is 366 g/mol. The maximum Gasteiger partial charge on any atom is 0.217 e. The Hall–Kier alpha value is -0.890. The number of nitrogens with one attached hydrogen (secondary N) is 1. The second kappa shape index (κ2) is 8.20. The normalized spacial score (nSPS) is 48.2. The van der Waals surface area contributed by atoms with Crippen LogP contribution in [0, 0.1) is 0 Å². The Labute approximate surface area is 144 Å². The molecule has 0 aromatic rings. The number of ether oxygens (including phenoxy) is 3. The van der Waals surface area contributed by atoms with E-state index in [1.165, 1.54) is 6.92 Å². The maximum absolute atomic E-state index is 11.4. The maximum atomic E-state index is 11.4. The predicted octanol–water partition coefficient (Wildman–Crippen LogP) is -4.26. The molecule has 2 fully saturated rings. The third-order valence-electron chi connectivity index (χ3n) is 4.45. The number of hydrogen-bond donors (Lipinski definition) is 7. The van der Waals surface area contributed by atoms with Gasteiger partial charge in [-0.15, -0.1) is 0 Å². The molecule has 11 nitrogen and oxygen atoms in total. The lowest BCUT2D eigenvalue weighted by Crippen LogP contribution is -2.68.